The lowest BCUT2D eigenvalue weighted by Crippen LogP contribution is -2.64. The Hall–Kier alpha value is -1.17. The first-order valence-electron chi connectivity index (χ1n) is 7.66. The number of carboxylic acids is 1. The van der Waals surface area contributed by atoms with Crippen LogP contribution in [0.2, 0.25) is 0 Å². The Balaban J connectivity index is 0.000000399. The minimum absolute atomic E-state index is 0.119. The fraction of sp³-hybridized carbons (Fsp3) is 0.643. The smallest absolute Gasteiger partial charge is 0.352 e. The second kappa shape index (κ2) is 8.02. The van der Waals surface area contributed by atoms with Gasteiger partial charge in [-0.15, -0.1) is 11.8 Å². The zero-order valence-corrected chi connectivity index (χ0v) is 15.1. The molecule has 2 fully saturated rings. The molecular weight excluding hydrogens is 376 g/mol. The number of hydrogen-bond donors (Lipinski definition) is 2. The van der Waals surface area contributed by atoms with Crippen LogP contribution in [-0.4, -0.2) is 49.4 Å². The van der Waals surface area contributed by atoms with Crippen molar-refractivity contribution in [2.24, 2.45) is 4.99 Å². The van der Waals surface area contributed by atoms with E-state index in [4.69, 9.17) is 18.6 Å². The first kappa shape index (κ1) is 20.1. The number of carboxylic acid groups (broad SMARTS) is 1. The summed E-state index contributed by atoms with van der Waals surface area (Å²) in [6.07, 6.45) is 5.53. The van der Waals surface area contributed by atoms with Gasteiger partial charge in [0.1, 0.15) is 11.1 Å². The predicted molar refractivity (Wildman–Crippen MR) is 80.0 cm³/mol. The van der Waals surface area contributed by atoms with Gasteiger partial charge in [0, 0.05) is 11.5 Å². The van der Waals surface area contributed by atoms with Crippen LogP contribution in [0.1, 0.15) is 39.0 Å². The summed E-state index contributed by atoms with van der Waals surface area (Å²) in [5.74, 6) is -0.501. The summed E-state index contributed by atoms with van der Waals surface area (Å²) >= 11 is 1.62. The van der Waals surface area contributed by atoms with E-state index < -0.39 is 16.2 Å². The highest BCUT2D eigenvalue weighted by molar-refractivity contribution is 8.00. The maximum absolute atomic E-state index is 12.2. The van der Waals surface area contributed by atoms with Gasteiger partial charge in [0.15, 0.2) is 6.04 Å². The third kappa shape index (κ3) is 5.16. The topological polar surface area (TPSA) is 159 Å². The highest BCUT2D eigenvalue weighted by Gasteiger charge is 2.53. The van der Waals surface area contributed by atoms with Gasteiger partial charge in [0.25, 0.3) is 5.91 Å². The van der Waals surface area contributed by atoms with Crippen molar-refractivity contribution in [3.8, 4) is 0 Å². The van der Waals surface area contributed by atoms with Gasteiger partial charge < -0.3 is 5.11 Å². The van der Waals surface area contributed by atoms with Crippen molar-refractivity contribution in [3.63, 3.8) is 0 Å². The fourth-order valence-electron chi connectivity index (χ4n) is 3.03. The van der Waals surface area contributed by atoms with E-state index in [1.54, 1.807) is 18.7 Å². The lowest BCUT2D eigenvalue weighted by atomic mass is 9.97. The molecule has 2 heterocycles. The lowest BCUT2D eigenvalue weighted by molar-refractivity contribution is -1.92. The number of nitrogens with zero attached hydrogens (tertiary/aromatic N) is 2. The molecule has 3 aliphatic rings. The van der Waals surface area contributed by atoms with Crippen LogP contribution in [0.5, 0.6) is 0 Å². The highest BCUT2D eigenvalue weighted by atomic mass is 35.7. The molecule has 2 aliphatic heterocycles. The van der Waals surface area contributed by atoms with E-state index in [-0.39, 0.29) is 23.0 Å². The minimum Gasteiger partial charge on any atom is -0.477 e. The molecular formula is C14H19ClN2O7S. The number of rotatable bonds is 2. The molecule has 0 radical (unpaired) electrons. The largest absolute Gasteiger partial charge is 0.477 e. The third-order valence-corrected chi connectivity index (χ3v) is 5.50. The number of aliphatic imine (C=N–C) groups is 1. The Morgan fingerprint density at radius 2 is 1.84 bits per heavy atom. The van der Waals surface area contributed by atoms with Crippen molar-refractivity contribution >= 4 is 29.4 Å². The number of aliphatic carboxylic acids is 1. The van der Waals surface area contributed by atoms with Crippen LogP contribution in [-0.2, 0) is 9.59 Å². The summed E-state index contributed by atoms with van der Waals surface area (Å²) in [7, 11) is -4.69. The summed E-state index contributed by atoms with van der Waals surface area (Å²) in [6, 6.07) is -0.365. The number of amides is 1. The maximum Gasteiger partial charge on any atom is 0.352 e. The molecule has 1 aliphatic carbocycles. The molecule has 1 unspecified atom stereocenters. The van der Waals surface area contributed by atoms with Crippen LogP contribution < -0.4 is 14.0 Å². The second-order valence-electron chi connectivity index (χ2n) is 5.94. The Bertz CT molecular complexity index is 603. The van der Waals surface area contributed by atoms with Crippen LogP contribution in [0.25, 0.3) is 0 Å². The Morgan fingerprint density at radius 1 is 1.28 bits per heavy atom. The Kier molecular flexibility index (Phi) is 6.46. The van der Waals surface area contributed by atoms with E-state index in [0.717, 1.165) is 37.0 Å². The van der Waals surface area contributed by atoms with Crippen LogP contribution in [0.3, 0.4) is 0 Å². The minimum atomic E-state index is -4.69. The van der Waals surface area contributed by atoms with Crippen molar-refractivity contribution in [2.45, 2.75) is 50.4 Å². The van der Waals surface area contributed by atoms with Gasteiger partial charge in [0.05, 0.1) is 14.9 Å². The molecule has 1 saturated carbocycles. The Morgan fingerprint density at radius 3 is 2.36 bits per heavy atom. The lowest BCUT2D eigenvalue weighted by Gasteiger charge is -2.47. The van der Waals surface area contributed by atoms with Crippen molar-refractivity contribution in [1.29, 1.82) is 0 Å². The quantitative estimate of drug-likeness (QED) is 0.504. The fourth-order valence-corrected chi connectivity index (χ4v) is 4.30. The van der Waals surface area contributed by atoms with Crippen LogP contribution in [0.4, 0.5) is 0 Å². The maximum atomic E-state index is 12.2. The van der Waals surface area contributed by atoms with Crippen LogP contribution >= 0.6 is 11.8 Å². The van der Waals surface area contributed by atoms with Crippen molar-refractivity contribution in [3.05, 3.63) is 11.3 Å². The van der Waals surface area contributed by atoms with E-state index in [1.165, 1.54) is 11.3 Å². The van der Waals surface area contributed by atoms with Gasteiger partial charge in [0.2, 0.25) is 0 Å². The van der Waals surface area contributed by atoms with E-state index in [0.29, 0.717) is 5.75 Å². The van der Waals surface area contributed by atoms with E-state index in [9.17, 15) is 14.7 Å². The molecule has 9 nitrogen and oxygen atoms in total. The zero-order chi connectivity index (χ0) is 18.8. The molecule has 2 N–H and O–H groups in total. The third-order valence-electron chi connectivity index (χ3n) is 4.09. The number of hydrogen-bond acceptors (Lipinski definition) is 8. The molecule has 1 saturated heterocycles. The van der Waals surface area contributed by atoms with Gasteiger partial charge in [-0.3, -0.25) is 14.7 Å². The van der Waals surface area contributed by atoms with Crippen molar-refractivity contribution < 1.29 is 43.6 Å². The molecule has 25 heavy (non-hydrogen) atoms. The predicted octanol–water partition coefficient (Wildman–Crippen LogP) is -2.09. The molecule has 2 atom stereocenters. The van der Waals surface area contributed by atoms with Gasteiger partial charge >= 0.3 is 5.97 Å². The average molecular weight is 395 g/mol. The second-order valence-corrected chi connectivity index (χ2v) is 7.84. The highest BCUT2D eigenvalue weighted by Crippen LogP contribution is 2.41. The average Bonchev–Trinajstić information content (AvgIpc) is 2.51. The van der Waals surface area contributed by atoms with Gasteiger partial charge in [-0.2, -0.15) is 14.0 Å². The summed E-state index contributed by atoms with van der Waals surface area (Å²) in [4.78, 5) is 29.6. The van der Waals surface area contributed by atoms with Crippen LogP contribution in [0, 0.1) is 10.2 Å². The van der Waals surface area contributed by atoms with Crippen molar-refractivity contribution in [1.82, 2.24) is 4.90 Å². The number of β-lactam (4-membered cyclic amide) rings is 1. The van der Waals surface area contributed by atoms with Crippen LogP contribution in [0.15, 0.2) is 16.3 Å². The molecule has 140 valence electrons. The zero-order valence-electron chi connectivity index (χ0n) is 13.5. The monoisotopic (exact) mass is 394 g/mol. The molecule has 1 amide bonds. The van der Waals surface area contributed by atoms with E-state index in [2.05, 4.69) is 4.99 Å². The van der Waals surface area contributed by atoms with Gasteiger partial charge in [-0.25, -0.2) is 4.79 Å². The van der Waals surface area contributed by atoms with E-state index in [1.807, 2.05) is 0 Å². The summed E-state index contributed by atoms with van der Waals surface area (Å²) in [5.41, 5.74) is 2.06. The Labute approximate surface area is 150 Å². The van der Waals surface area contributed by atoms with Gasteiger partial charge in [-0.1, -0.05) is 6.42 Å². The van der Waals surface area contributed by atoms with E-state index >= 15 is 0 Å². The summed E-state index contributed by atoms with van der Waals surface area (Å²) in [6.45, 7) is 1.78. The molecule has 0 bridgehead atoms. The number of thioether (sulfide) groups is 1. The standard InChI is InChI=1S/C14H18N2O3S.ClHO4/c1-8-7-20-13-10(15-9-5-3-2-4-6-9)12(17)16(13)11(8)14(18)19;2-1(3,4)5/h10,13H,2-7H2,1H3,(H,18,19);(H,2,3,4,5)/t10?,13-;/m0./s1. The first-order chi connectivity index (χ1) is 11.6. The molecule has 3 rings (SSSR count). The summed E-state index contributed by atoms with van der Waals surface area (Å²) in [5, 5.41) is 9.14. The molecule has 0 spiro atoms. The van der Waals surface area contributed by atoms with Gasteiger partial charge in [-0.05, 0) is 38.2 Å². The molecule has 0 aromatic heterocycles. The molecule has 11 heteroatoms. The number of carbonyl (C=O) groups is 2. The SMILES string of the molecule is CC1=C(C(=O)O)N2C(=O)C(N=C3CCCCC3)[C@@H]2SC1.[O-][Cl+3]([O-])([O-])O. The first-order valence-corrected chi connectivity index (χ1v) is 9.97. The normalized spacial score (nSPS) is 26.4. The molecule has 0 aromatic rings. The summed E-state index contributed by atoms with van der Waals surface area (Å²) < 4.78 is 32.7. The molecule has 0 aromatic carbocycles. The number of fused-ring (bicyclic) bond motifs is 1. The number of carbonyl (C=O) groups excluding carboxylic acids is 1. The van der Waals surface area contributed by atoms with Crippen molar-refractivity contribution in [2.75, 3.05) is 5.75 Å². The number of halogens is 1.